The molecule has 2 fully saturated rings. The van der Waals surface area contributed by atoms with Crippen LogP contribution in [0.15, 0.2) is 0 Å². The molecular weight excluding hydrogens is 312 g/mol. The number of hydrogen-bond acceptors (Lipinski definition) is 5. The Bertz CT molecular complexity index is 554. The second-order valence-corrected chi connectivity index (χ2v) is 7.05. The van der Waals surface area contributed by atoms with E-state index >= 15 is 0 Å². The number of urea groups is 1. The molecule has 2 amide bonds. The Labute approximate surface area is 142 Å². The van der Waals surface area contributed by atoms with Gasteiger partial charge in [-0.15, -0.1) is 4.68 Å². The van der Waals surface area contributed by atoms with Gasteiger partial charge in [0, 0.05) is 46.2 Å². The fourth-order valence-electron chi connectivity index (χ4n) is 3.13. The molecule has 0 spiro atoms. The smallest absolute Gasteiger partial charge is 0.342 e. The molecule has 0 unspecified atom stereocenters. The van der Waals surface area contributed by atoms with Gasteiger partial charge in [-0.2, -0.15) is 4.90 Å². The second kappa shape index (κ2) is 7.00. The van der Waals surface area contributed by atoms with Crippen molar-refractivity contribution in [2.45, 2.75) is 26.8 Å². The zero-order valence-corrected chi connectivity index (χ0v) is 15.2. The Morgan fingerprint density at radius 3 is 2.52 bits per heavy atom. The lowest BCUT2D eigenvalue weighted by molar-refractivity contribution is -0.733. The average Bonchev–Trinajstić information content (AvgIpc) is 3.01. The first-order valence-corrected chi connectivity index (χ1v) is 9.36. The lowest BCUT2D eigenvalue weighted by Gasteiger charge is -2.33. The Balaban J connectivity index is 1.79. The molecule has 2 aliphatic heterocycles. The summed E-state index contributed by atoms with van der Waals surface area (Å²) in [5.74, 6) is 0. The van der Waals surface area contributed by atoms with Crippen LogP contribution in [0.4, 0.5) is 15.1 Å². The SMILES string of the molecule is CCN1CCN(c2n[n+](CC)c(N3CCCN(C)C3=O)s2)CC1. The third-order valence-corrected chi connectivity index (χ3v) is 5.80. The molecule has 128 valence electrons. The van der Waals surface area contributed by atoms with Crippen LogP contribution in [0, 0.1) is 0 Å². The highest BCUT2D eigenvalue weighted by Crippen LogP contribution is 2.28. The van der Waals surface area contributed by atoms with Crippen molar-refractivity contribution in [3.05, 3.63) is 0 Å². The van der Waals surface area contributed by atoms with Crippen molar-refractivity contribution in [1.29, 1.82) is 0 Å². The van der Waals surface area contributed by atoms with Crippen LogP contribution in [-0.4, -0.2) is 73.8 Å². The van der Waals surface area contributed by atoms with E-state index in [0.29, 0.717) is 0 Å². The highest BCUT2D eigenvalue weighted by atomic mass is 32.1. The molecule has 1 aromatic rings. The first kappa shape index (κ1) is 16.4. The number of hydrogen-bond donors (Lipinski definition) is 0. The Morgan fingerprint density at radius 2 is 1.87 bits per heavy atom. The van der Waals surface area contributed by atoms with E-state index in [-0.39, 0.29) is 6.03 Å². The molecule has 0 N–H and O–H groups in total. The van der Waals surface area contributed by atoms with Crippen LogP contribution in [0.1, 0.15) is 20.3 Å². The van der Waals surface area contributed by atoms with Crippen LogP contribution in [0.2, 0.25) is 0 Å². The fraction of sp³-hybridized carbons (Fsp3) is 0.800. The molecule has 0 aliphatic carbocycles. The summed E-state index contributed by atoms with van der Waals surface area (Å²) in [5, 5.41) is 6.78. The monoisotopic (exact) mass is 339 g/mol. The predicted molar refractivity (Wildman–Crippen MR) is 92.3 cm³/mol. The molecule has 3 rings (SSSR count). The van der Waals surface area contributed by atoms with Crippen molar-refractivity contribution in [2.24, 2.45) is 0 Å². The Morgan fingerprint density at radius 1 is 1.13 bits per heavy atom. The number of likely N-dealkylation sites (N-methyl/N-ethyl adjacent to an activating group) is 1. The van der Waals surface area contributed by atoms with Crippen LogP contribution in [0.5, 0.6) is 0 Å². The molecule has 0 bridgehead atoms. The van der Waals surface area contributed by atoms with Gasteiger partial charge in [-0.05, 0) is 24.8 Å². The standard InChI is InChI=1S/C15H27N6OS/c1-4-18-9-11-19(12-10-18)13-16-21(5-2)15(23-13)20-8-6-7-17(3)14(20)22/h4-12H2,1-3H3/q+1. The largest absolute Gasteiger partial charge is 0.411 e. The fourth-order valence-corrected chi connectivity index (χ4v) is 4.29. The molecule has 3 heterocycles. The molecule has 0 atom stereocenters. The molecule has 0 aromatic carbocycles. The van der Waals surface area contributed by atoms with Gasteiger partial charge in [0.2, 0.25) is 5.13 Å². The van der Waals surface area contributed by atoms with Gasteiger partial charge in [-0.3, -0.25) is 0 Å². The lowest BCUT2D eigenvalue weighted by Crippen LogP contribution is -2.52. The predicted octanol–water partition coefficient (Wildman–Crippen LogP) is 0.854. The first-order valence-electron chi connectivity index (χ1n) is 8.55. The average molecular weight is 339 g/mol. The maximum Gasteiger partial charge on any atom is 0.411 e. The summed E-state index contributed by atoms with van der Waals surface area (Å²) in [6.07, 6.45) is 1.01. The molecule has 0 saturated carbocycles. The second-order valence-electron chi connectivity index (χ2n) is 6.11. The van der Waals surface area contributed by atoms with Crippen molar-refractivity contribution in [2.75, 3.05) is 62.7 Å². The summed E-state index contributed by atoms with van der Waals surface area (Å²) in [4.78, 5) is 21.0. The van der Waals surface area contributed by atoms with Gasteiger partial charge in [0.25, 0.3) is 0 Å². The van der Waals surface area contributed by atoms with Gasteiger partial charge in [0.05, 0.1) is 6.54 Å². The van der Waals surface area contributed by atoms with Gasteiger partial charge in [0.15, 0.2) is 0 Å². The first-order chi connectivity index (χ1) is 11.1. The number of nitrogens with zero attached hydrogens (tertiary/aromatic N) is 6. The summed E-state index contributed by atoms with van der Waals surface area (Å²) in [6, 6.07) is 0.0875. The van der Waals surface area contributed by atoms with Gasteiger partial charge in [0.1, 0.15) is 6.54 Å². The molecule has 8 heteroatoms. The molecule has 0 radical (unpaired) electrons. The van der Waals surface area contributed by atoms with Crippen molar-refractivity contribution < 1.29 is 9.48 Å². The summed E-state index contributed by atoms with van der Waals surface area (Å²) in [7, 11) is 1.87. The topological polar surface area (TPSA) is 46.8 Å². The van der Waals surface area contributed by atoms with Crippen molar-refractivity contribution in [3.8, 4) is 0 Å². The number of aromatic nitrogens is 2. The summed E-state index contributed by atoms with van der Waals surface area (Å²) < 4.78 is 1.98. The maximum absolute atomic E-state index is 12.5. The van der Waals surface area contributed by atoms with E-state index in [1.54, 1.807) is 16.2 Å². The summed E-state index contributed by atoms with van der Waals surface area (Å²) >= 11 is 1.65. The molecule has 2 saturated heterocycles. The van der Waals surface area contributed by atoms with Crippen molar-refractivity contribution >= 4 is 27.6 Å². The molecule has 1 aromatic heterocycles. The van der Waals surface area contributed by atoms with E-state index < -0.39 is 0 Å². The number of amides is 2. The number of carbonyl (C=O) groups is 1. The minimum Gasteiger partial charge on any atom is -0.342 e. The molecular formula is C15H27N6OS+. The highest BCUT2D eigenvalue weighted by molar-refractivity contribution is 7.18. The van der Waals surface area contributed by atoms with Crippen LogP contribution < -0.4 is 14.5 Å². The minimum absolute atomic E-state index is 0.0875. The zero-order valence-electron chi connectivity index (χ0n) is 14.4. The third kappa shape index (κ3) is 3.28. The minimum atomic E-state index is 0.0875. The van der Waals surface area contributed by atoms with E-state index in [4.69, 9.17) is 5.10 Å². The molecule has 2 aliphatic rings. The number of anilines is 2. The van der Waals surface area contributed by atoms with Crippen molar-refractivity contribution in [3.63, 3.8) is 0 Å². The van der Waals surface area contributed by atoms with Gasteiger partial charge in [-0.25, -0.2) is 4.79 Å². The van der Waals surface area contributed by atoms with Gasteiger partial charge in [-0.1, -0.05) is 12.0 Å². The number of piperazine rings is 1. The van der Waals surface area contributed by atoms with E-state index in [0.717, 1.165) is 69.0 Å². The Hall–Kier alpha value is -1.41. The van der Waals surface area contributed by atoms with Gasteiger partial charge >= 0.3 is 11.2 Å². The number of rotatable bonds is 4. The normalized spacial score (nSPS) is 20.5. The summed E-state index contributed by atoms with van der Waals surface area (Å²) in [5.41, 5.74) is 0. The third-order valence-electron chi connectivity index (χ3n) is 4.66. The van der Waals surface area contributed by atoms with Crippen LogP contribution in [0.25, 0.3) is 0 Å². The van der Waals surface area contributed by atoms with E-state index in [9.17, 15) is 4.79 Å². The van der Waals surface area contributed by atoms with E-state index in [1.807, 2.05) is 16.6 Å². The molecule has 23 heavy (non-hydrogen) atoms. The van der Waals surface area contributed by atoms with Crippen LogP contribution in [-0.2, 0) is 6.54 Å². The Kier molecular flexibility index (Phi) is 5.01. The highest BCUT2D eigenvalue weighted by Gasteiger charge is 2.37. The van der Waals surface area contributed by atoms with E-state index in [1.165, 1.54) is 0 Å². The quantitative estimate of drug-likeness (QED) is 0.763. The number of carbonyl (C=O) groups excluding carboxylic acids is 1. The van der Waals surface area contributed by atoms with Gasteiger partial charge < -0.3 is 14.7 Å². The van der Waals surface area contributed by atoms with E-state index in [2.05, 4.69) is 23.6 Å². The van der Waals surface area contributed by atoms with Crippen molar-refractivity contribution in [1.82, 2.24) is 14.9 Å². The van der Waals surface area contributed by atoms with Crippen LogP contribution in [0.3, 0.4) is 0 Å². The zero-order chi connectivity index (χ0) is 16.4. The maximum atomic E-state index is 12.5. The molecule has 7 nitrogen and oxygen atoms in total. The number of aryl methyl sites for hydroxylation is 1. The van der Waals surface area contributed by atoms with Crippen LogP contribution >= 0.6 is 11.3 Å². The summed E-state index contributed by atoms with van der Waals surface area (Å²) in [6.45, 7) is 12.0. The lowest BCUT2D eigenvalue weighted by atomic mass is 10.3.